The van der Waals surface area contributed by atoms with Gasteiger partial charge < -0.3 is 29.7 Å². The summed E-state index contributed by atoms with van der Waals surface area (Å²) >= 11 is 0. The fraction of sp³-hybridized carbons (Fsp3) is 0.434. The minimum absolute atomic E-state index is 0.145. The normalized spacial score (nSPS) is 14.4. The van der Waals surface area contributed by atoms with Crippen LogP contribution in [0.2, 0.25) is 0 Å². The summed E-state index contributed by atoms with van der Waals surface area (Å²) in [6.45, 7) is 21.0. The van der Waals surface area contributed by atoms with Gasteiger partial charge in [0.15, 0.2) is 0 Å². The monoisotopic (exact) mass is 1090 g/mol. The number of carbonyl (C=O) groups is 3. The van der Waals surface area contributed by atoms with E-state index in [0.717, 1.165) is 72.1 Å². The molecule has 0 fully saturated rings. The minimum Gasteiger partial charge on any atom is -0.477 e. The molecule has 416 valence electrons. The van der Waals surface area contributed by atoms with Crippen molar-refractivity contribution in [3.05, 3.63) is 140 Å². The number of nitrogens with zero attached hydrogens (tertiary/aromatic N) is 8. The summed E-state index contributed by atoms with van der Waals surface area (Å²) in [4.78, 5) is 39.2. The van der Waals surface area contributed by atoms with Gasteiger partial charge in [0.25, 0.3) is 0 Å². The lowest BCUT2D eigenvalue weighted by Crippen LogP contribution is -2.26. The van der Waals surface area contributed by atoms with Crippen LogP contribution in [0.3, 0.4) is 0 Å². The predicted molar refractivity (Wildman–Crippen MR) is 268 cm³/mol. The number of aryl methyl sites for hydroxylation is 3. The van der Waals surface area contributed by atoms with Crippen LogP contribution in [0.15, 0.2) is 72.8 Å². The number of carboxylic acids is 1. The molecular weight excluding hydrogens is 1030 g/mol. The molecule has 15 nitrogen and oxygen atoms in total. The molecule has 2 N–H and O–H groups in total. The molecule has 0 bridgehead atoms. The number of aromatic nitrogens is 6. The van der Waals surface area contributed by atoms with E-state index in [1.165, 1.54) is 36.4 Å². The van der Waals surface area contributed by atoms with Crippen molar-refractivity contribution in [3.63, 3.8) is 0 Å². The SMILES string of the molecule is CC(C)c1ccc(C(F)(F)F)cc1.CCOC(=O)c1c(C)nn2c1N([C@H](C)c1ccc(C(F)(F)F)cc1)CC2.CCOC(=O)c1c(C)nn2c1NCC2.Cc1nn2c(c1C(=O)O)N([C@H](C)c1ccc(C(F)(F)F)cc1)CC2. The highest BCUT2D eigenvalue weighted by Crippen LogP contribution is 2.39. The van der Waals surface area contributed by atoms with Crippen molar-refractivity contribution in [3.8, 4) is 0 Å². The van der Waals surface area contributed by atoms with Gasteiger partial charge in [-0.05, 0) is 107 Å². The number of halogens is 9. The molecular formula is C53H60F9N9O6. The molecule has 3 aliphatic heterocycles. The molecule has 3 aromatic heterocycles. The number of hydrogen-bond donors (Lipinski definition) is 2. The lowest BCUT2D eigenvalue weighted by Gasteiger charge is -2.27. The van der Waals surface area contributed by atoms with Gasteiger partial charge in [-0.3, -0.25) is 0 Å². The molecule has 0 radical (unpaired) electrons. The van der Waals surface area contributed by atoms with E-state index < -0.39 is 47.2 Å². The fourth-order valence-corrected chi connectivity index (χ4v) is 9.07. The van der Waals surface area contributed by atoms with Crippen molar-refractivity contribution in [2.24, 2.45) is 0 Å². The average molecular weight is 1090 g/mol. The number of fused-ring (bicyclic) bond motifs is 3. The van der Waals surface area contributed by atoms with Crippen LogP contribution in [0.4, 0.5) is 57.0 Å². The number of carboxylic acid groups (broad SMARTS) is 1. The molecule has 6 aromatic rings. The Bertz CT molecular complexity index is 3020. The Balaban J connectivity index is 0.000000173. The summed E-state index contributed by atoms with van der Waals surface area (Å²) in [5, 5.41) is 25.4. The summed E-state index contributed by atoms with van der Waals surface area (Å²) in [6.07, 6.45) is -13.0. The van der Waals surface area contributed by atoms with E-state index in [1.807, 2.05) is 49.1 Å². The molecule has 0 spiro atoms. The largest absolute Gasteiger partial charge is 0.477 e. The second kappa shape index (κ2) is 23.8. The highest BCUT2D eigenvalue weighted by Gasteiger charge is 2.37. The first-order valence-corrected chi connectivity index (χ1v) is 24.7. The molecule has 6 heterocycles. The molecule has 0 amide bonds. The van der Waals surface area contributed by atoms with Gasteiger partial charge in [-0.2, -0.15) is 54.8 Å². The van der Waals surface area contributed by atoms with E-state index >= 15 is 0 Å². The van der Waals surface area contributed by atoms with Gasteiger partial charge >= 0.3 is 36.4 Å². The highest BCUT2D eigenvalue weighted by atomic mass is 19.4. The Morgan fingerprint density at radius 2 is 0.883 bits per heavy atom. The van der Waals surface area contributed by atoms with Crippen molar-refractivity contribution in [1.29, 1.82) is 0 Å². The van der Waals surface area contributed by atoms with Crippen molar-refractivity contribution < 1.29 is 68.5 Å². The Morgan fingerprint density at radius 3 is 1.26 bits per heavy atom. The Morgan fingerprint density at radius 1 is 0.532 bits per heavy atom. The van der Waals surface area contributed by atoms with Crippen LogP contribution in [-0.4, -0.2) is 85.2 Å². The van der Waals surface area contributed by atoms with Gasteiger partial charge in [0.1, 0.15) is 34.1 Å². The Hall–Kier alpha value is -7.53. The van der Waals surface area contributed by atoms with Crippen LogP contribution in [-0.2, 0) is 47.6 Å². The molecule has 0 aliphatic carbocycles. The van der Waals surface area contributed by atoms with Crippen LogP contribution in [0.1, 0.15) is 141 Å². The van der Waals surface area contributed by atoms with Gasteiger partial charge in [0.2, 0.25) is 0 Å². The lowest BCUT2D eigenvalue weighted by atomic mass is 10.0. The van der Waals surface area contributed by atoms with Crippen LogP contribution in [0.25, 0.3) is 0 Å². The molecule has 0 unspecified atom stereocenters. The van der Waals surface area contributed by atoms with Crippen LogP contribution in [0.5, 0.6) is 0 Å². The maximum absolute atomic E-state index is 12.8. The smallest absolute Gasteiger partial charge is 0.416 e. The summed E-state index contributed by atoms with van der Waals surface area (Å²) in [5.41, 5.74) is 3.26. The van der Waals surface area contributed by atoms with E-state index in [4.69, 9.17) is 9.47 Å². The second-order valence-electron chi connectivity index (χ2n) is 18.5. The van der Waals surface area contributed by atoms with Crippen molar-refractivity contribution in [2.45, 2.75) is 118 Å². The van der Waals surface area contributed by atoms with E-state index in [1.54, 1.807) is 37.1 Å². The van der Waals surface area contributed by atoms with Crippen molar-refractivity contribution in [2.75, 3.05) is 48.0 Å². The van der Waals surface area contributed by atoms with Crippen molar-refractivity contribution in [1.82, 2.24) is 29.3 Å². The Kier molecular flexibility index (Phi) is 18.1. The number of benzene rings is 3. The van der Waals surface area contributed by atoms with E-state index in [2.05, 4.69) is 20.6 Å². The number of nitrogens with one attached hydrogen (secondary N) is 1. The first-order valence-electron chi connectivity index (χ1n) is 24.7. The molecule has 3 aliphatic rings. The molecule has 77 heavy (non-hydrogen) atoms. The average Bonchev–Trinajstić information content (AvgIpc) is 4.22. The summed E-state index contributed by atoms with van der Waals surface area (Å²) in [6, 6.07) is 14.9. The predicted octanol–water partition coefficient (Wildman–Crippen LogP) is 12.1. The number of anilines is 3. The number of alkyl halides is 9. The topological polar surface area (TPSA) is 162 Å². The lowest BCUT2D eigenvalue weighted by molar-refractivity contribution is -0.138. The number of carbonyl (C=O) groups excluding carboxylic acids is 2. The molecule has 0 saturated carbocycles. The Labute approximate surface area is 438 Å². The zero-order valence-electron chi connectivity index (χ0n) is 43.8. The van der Waals surface area contributed by atoms with E-state index in [-0.39, 0.29) is 36.1 Å². The summed E-state index contributed by atoms with van der Waals surface area (Å²) in [7, 11) is 0. The van der Waals surface area contributed by atoms with Crippen LogP contribution < -0.4 is 15.1 Å². The second-order valence-corrected chi connectivity index (χ2v) is 18.5. The molecule has 2 atom stereocenters. The number of esters is 2. The van der Waals surface area contributed by atoms with Crippen molar-refractivity contribution >= 4 is 35.4 Å². The third-order valence-corrected chi connectivity index (χ3v) is 13.0. The maximum Gasteiger partial charge on any atom is 0.416 e. The fourth-order valence-electron chi connectivity index (χ4n) is 9.07. The molecule has 9 rings (SSSR count). The van der Waals surface area contributed by atoms with Crippen LogP contribution >= 0.6 is 0 Å². The van der Waals surface area contributed by atoms with E-state index in [9.17, 15) is 59.0 Å². The zero-order valence-corrected chi connectivity index (χ0v) is 43.8. The van der Waals surface area contributed by atoms with Crippen LogP contribution in [0, 0.1) is 20.8 Å². The maximum atomic E-state index is 12.8. The van der Waals surface area contributed by atoms with Gasteiger partial charge in [0, 0.05) is 19.6 Å². The zero-order chi connectivity index (χ0) is 56.9. The number of hydrogen-bond acceptors (Lipinski definition) is 11. The molecule has 3 aromatic carbocycles. The third-order valence-electron chi connectivity index (χ3n) is 13.0. The summed E-state index contributed by atoms with van der Waals surface area (Å²) < 4.78 is 128. The standard InChI is InChI=1S/C18H20F3N3O2.C16H16F3N3O2.C10H11F3.C9H13N3O2/c1-4-26-17(25)15-11(2)22-24-10-9-23(16(15)24)12(3)13-5-7-14(8-6-13)18(19,20)21;1-9-13(15(23)24)14-21(7-8-22(14)20-9)10(2)11-3-5-12(6-4-11)16(17,18)19;1-7(2)8-3-5-9(6-4-8)10(11,12)13;1-3-14-9(13)7-6(2)11-12-5-4-10-8(7)12/h5-8,12H,4,9-10H2,1-3H3;3-6,10H,7-8H2,1-2H3,(H,23,24);3-7H,1-2H3;10H,3-5H2,1-2H3/t12-;10-;;/m11../s1. The minimum atomic E-state index is -4.37. The quantitative estimate of drug-likeness (QED) is 0.0988. The van der Waals surface area contributed by atoms with Gasteiger partial charge in [-0.15, -0.1) is 0 Å². The number of aromatic carboxylic acids is 1. The first-order chi connectivity index (χ1) is 36.1. The summed E-state index contributed by atoms with van der Waals surface area (Å²) in [5.74, 6) is 0.447. The van der Waals surface area contributed by atoms with E-state index in [0.29, 0.717) is 72.5 Å². The third kappa shape index (κ3) is 13.4. The van der Waals surface area contributed by atoms with Gasteiger partial charge in [-0.25, -0.2) is 28.4 Å². The van der Waals surface area contributed by atoms with Gasteiger partial charge in [-0.1, -0.05) is 50.2 Å². The number of ether oxygens (including phenoxy) is 2. The first kappa shape index (κ1) is 58.7. The number of rotatable bonds is 10. The molecule has 24 heteroatoms. The molecule has 0 saturated heterocycles. The van der Waals surface area contributed by atoms with Gasteiger partial charge in [0.05, 0.1) is 78.7 Å². The highest BCUT2D eigenvalue weighted by molar-refractivity contribution is 5.97.